The third kappa shape index (κ3) is 7.99. The molecule has 0 bridgehead atoms. The zero-order chi connectivity index (χ0) is 17.9. The van der Waals surface area contributed by atoms with Gasteiger partial charge in [-0.25, -0.2) is 13.4 Å². The molecule has 22 heavy (non-hydrogen) atoms. The summed E-state index contributed by atoms with van der Waals surface area (Å²) in [4.78, 5) is 53.5. The second kappa shape index (κ2) is 7.69. The Morgan fingerprint density at radius 3 is 1.73 bits per heavy atom. The van der Waals surface area contributed by atoms with Gasteiger partial charge in [0.2, 0.25) is 0 Å². The number of phosphoric ester groups is 1. The van der Waals surface area contributed by atoms with E-state index in [0.29, 0.717) is 0 Å². The minimum atomic E-state index is -5.72. The van der Waals surface area contributed by atoms with Crippen LogP contribution in [0.25, 0.3) is 0 Å². The van der Waals surface area contributed by atoms with Crippen LogP contribution >= 0.6 is 23.2 Å². The van der Waals surface area contributed by atoms with Gasteiger partial charge in [-0.3, -0.25) is 13.9 Å². The number of phosphoric acid groups is 2. The van der Waals surface area contributed by atoms with Crippen LogP contribution in [0.3, 0.4) is 0 Å². The van der Waals surface area contributed by atoms with Crippen molar-refractivity contribution in [1.82, 2.24) is 0 Å². The quantitative estimate of drug-likeness (QED) is 0.183. The molecule has 0 saturated carbocycles. The third-order valence-electron chi connectivity index (χ3n) is 1.88. The Kier molecular flexibility index (Phi) is 7.67. The Hall–Kier alpha value is -0.0400. The molecule has 0 fully saturated rings. The van der Waals surface area contributed by atoms with E-state index in [1.807, 2.05) is 0 Å². The lowest BCUT2D eigenvalue weighted by molar-refractivity contribution is -0.133. The SMILES string of the molecule is O=C([C@H](O)[C@H](O)[C@H](O)COP(=O)(O)O)P(=O)(O)OP(=O)(O)O. The molecule has 17 heteroatoms. The maximum Gasteiger partial charge on any atom is 0.477 e. The van der Waals surface area contributed by atoms with Crippen molar-refractivity contribution >= 4 is 28.8 Å². The van der Waals surface area contributed by atoms with Crippen LogP contribution in [0.5, 0.6) is 0 Å². The molecule has 4 atom stereocenters. The molecule has 14 nitrogen and oxygen atoms in total. The van der Waals surface area contributed by atoms with E-state index >= 15 is 0 Å². The fourth-order valence-corrected chi connectivity index (χ4v) is 3.29. The number of hydrogen-bond acceptors (Lipinski definition) is 9. The van der Waals surface area contributed by atoms with E-state index in [2.05, 4.69) is 8.83 Å². The number of hydrogen-bond donors (Lipinski definition) is 8. The summed E-state index contributed by atoms with van der Waals surface area (Å²) in [5.74, 6) is 0. The molecular formula is C5H13O14P3. The maximum absolute atomic E-state index is 11.3. The molecule has 0 heterocycles. The van der Waals surface area contributed by atoms with Crippen molar-refractivity contribution in [3.05, 3.63) is 0 Å². The largest absolute Gasteiger partial charge is 0.477 e. The summed E-state index contributed by atoms with van der Waals surface area (Å²) in [5.41, 5.74) is -2.27. The second-order valence-electron chi connectivity index (χ2n) is 3.72. The molecule has 0 aliphatic heterocycles. The first-order chi connectivity index (χ1) is 9.57. The topological polar surface area (TPSA) is 249 Å². The lowest BCUT2D eigenvalue weighted by Gasteiger charge is -2.23. The Balaban J connectivity index is 4.90. The monoisotopic (exact) mass is 390 g/mol. The first-order valence-corrected chi connectivity index (χ1v) is 9.59. The fraction of sp³-hybridized carbons (Fsp3) is 0.800. The van der Waals surface area contributed by atoms with Crippen LogP contribution in [0.4, 0.5) is 0 Å². The van der Waals surface area contributed by atoms with Crippen LogP contribution in [0, 0.1) is 0 Å². The summed E-state index contributed by atoms with van der Waals surface area (Å²) < 4.78 is 38.9. The molecule has 0 rings (SSSR count). The molecule has 0 saturated heterocycles. The average Bonchev–Trinajstić information content (AvgIpc) is 2.29. The predicted molar refractivity (Wildman–Crippen MR) is 64.0 cm³/mol. The molecule has 0 aromatic rings. The van der Waals surface area contributed by atoms with Gasteiger partial charge in [0, 0.05) is 0 Å². The number of carbonyl (C=O) groups is 1. The van der Waals surface area contributed by atoms with Gasteiger partial charge in [0.1, 0.15) is 12.2 Å². The first kappa shape index (κ1) is 22.0. The summed E-state index contributed by atoms with van der Waals surface area (Å²) >= 11 is 0. The summed E-state index contributed by atoms with van der Waals surface area (Å²) in [6.07, 6.45) is -7.72. The zero-order valence-corrected chi connectivity index (χ0v) is 13.0. The molecule has 0 aliphatic carbocycles. The molecule has 132 valence electrons. The summed E-state index contributed by atoms with van der Waals surface area (Å²) in [6, 6.07) is 0. The lowest BCUT2D eigenvalue weighted by Crippen LogP contribution is -2.44. The third-order valence-corrected chi connectivity index (χ3v) is 4.92. The molecule has 0 radical (unpaired) electrons. The van der Waals surface area contributed by atoms with E-state index in [1.165, 1.54) is 0 Å². The Bertz CT molecular complexity index is 531. The highest BCUT2D eigenvalue weighted by Gasteiger charge is 2.45. The van der Waals surface area contributed by atoms with Crippen LogP contribution in [-0.4, -0.2) is 70.2 Å². The van der Waals surface area contributed by atoms with E-state index in [4.69, 9.17) is 24.5 Å². The van der Waals surface area contributed by atoms with Crippen molar-refractivity contribution in [2.24, 2.45) is 0 Å². The fourth-order valence-electron chi connectivity index (χ4n) is 0.980. The summed E-state index contributed by atoms with van der Waals surface area (Å²) in [7, 11) is -16.4. The average molecular weight is 390 g/mol. The van der Waals surface area contributed by atoms with Crippen molar-refractivity contribution in [2.45, 2.75) is 18.3 Å². The standard InChI is InChI=1S/C5H13O14P3/c6-2(1-18-21(12,13)14)3(7)4(8)5(9)20(10,11)19-22(15,16)17/h2-4,6-8H,1H2,(H,10,11)(H2,12,13,14)(H2,15,16,17)/t2-,3-,4-/m1/s1. The van der Waals surface area contributed by atoms with E-state index in [9.17, 15) is 33.8 Å². The van der Waals surface area contributed by atoms with Crippen LogP contribution in [0.1, 0.15) is 0 Å². The maximum atomic E-state index is 11.3. The van der Waals surface area contributed by atoms with E-state index in [0.717, 1.165) is 0 Å². The minimum absolute atomic E-state index is 1.27. The van der Waals surface area contributed by atoms with Crippen molar-refractivity contribution in [2.75, 3.05) is 6.61 Å². The van der Waals surface area contributed by atoms with Gasteiger partial charge < -0.3 is 39.8 Å². The summed E-state index contributed by atoms with van der Waals surface area (Å²) in [5, 5.41) is 27.7. The van der Waals surface area contributed by atoms with Crippen molar-refractivity contribution in [1.29, 1.82) is 0 Å². The predicted octanol–water partition coefficient (Wildman–Crippen LogP) is -3.00. The van der Waals surface area contributed by atoms with Gasteiger partial charge in [0.05, 0.1) is 6.61 Å². The van der Waals surface area contributed by atoms with Gasteiger partial charge in [0.15, 0.2) is 6.10 Å². The minimum Gasteiger partial charge on any atom is -0.388 e. The number of rotatable bonds is 9. The second-order valence-corrected chi connectivity index (χ2v) is 8.08. The lowest BCUT2D eigenvalue weighted by atomic mass is 10.1. The molecule has 0 aromatic heterocycles. The van der Waals surface area contributed by atoms with E-state index < -0.39 is 53.7 Å². The highest BCUT2D eigenvalue weighted by Crippen LogP contribution is 2.58. The van der Waals surface area contributed by atoms with E-state index in [-0.39, 0.29) is 0 Å². The van der Waals surface area contributed by atoms with Gasteiger partial charge in [-0.1, -0.05) is 0 Å². The smallest absolute Gasteiger partial charge is 0.388 e. The number of aliphatic hydroxyl groups is 3. The first-order valence-electron chi connectivity index (χ1n) is 4.95. The van der Waals surface area contributed by atoms with Gasteiger partial charge in [-0.05, 0) is 0 Å². The van der Waals surface area contributed by atoms with Gasteiger partial charge in [0.25, 0.3) is 5.52 Å². The highest BCUT2D eigenvalue weighted by atomic mass is 31.3. The Labute approximate surface area is 122 Å². The van der Waals surface area contributed by atoms with Crippen molar-refractivity contribution < 1.29 is 67.1 Å². The molecule has 0 spiro atoms. The molecular weight excluding hydrogens is 377 g/mol. The Morgan fingerprint density at radius 2 is 1.36 bits per heavy atom. The van der Waals surface area contributed by atoms with Crippen molar-refractivity contribution in [3.63, 3.8) is 0 Å². The zero-order valence-electron chi connectivity index (χ0n) is 10.3. The molecule has 8 N–H and O–H groups in total. The highest BCUT2D eigenvalue weighted by molar-refractivity contribution is 7.76. The van der Waals surface area contributed by atoms with Gasteiger partial charge >= 0.3 is 23.2 Å². The van der Waals surface area contributed by atoms with Gasteiger partial charge in [-0.15, -0.1) is 0 Å². The summed E-state index contributed by atoms with van der Waals surface area (Å²) in [6.45, 7) is -1.27. The number of aliphatic hydroxyl groups excluding tert-OH is 3. The molecule has 0 aromatic carbocycles. The molecule has 0 amide bonds. The van der Waals surface area contributed by atoms with Crippen LogP contribution < -0.4 is 0 Å². The normalized spacial score (nSPS) is 20.0. The number of carbonyl (C=O) groups excluding carboxylic acids is 1. The van der Waals surface area contributed by atoms with Crippen LogP contribution in [0.2, 0.25) is 0 Å². The van der Waals surface area contributed by atoms with Gasteiger partial charge in [-0.2, -0.15) is 0 Å². The van der Waals surface area contributed by atoms with E-state index in [1.54, 1.807) is 0 Å². The molecule has 0 aliphatic rings. The van der Waals surface area contributed by atoms with Crippen LogP contribution in [-0.2, 0) is 27.3 Å². The van der Waals surface area contributed by atoms with Crippen molar-refractivity contribution in [3.8, 4) is 0 Å². The van der Waals surface area contributed by atoms with Crippen LogP contribution in [0.15, 0.2) is 0 Å². The Morgan fingerprint density at radius 1 is 0.909 bits per heavy atom. The molecule has 1 unspecified atom stereocenters.